The van der Waals surface area contributed by atoms with Crippen molar-refractivity contribution in [3.05, 3.63) is 18.2 Å². The molecule has 6 heteroatoms. The highest BCUT2D eigenvalue weighted by Crippen LogP contribution is 2.37. The molecule has 25 heavy (non-hydrogen) atoms. The first-order valence-electron chi connectivity index (χ1n) is 9.07. The zero-order valence-corrected chi connectivity index (χ0v) is 14.6. The third-order valence-electron chi connectivity index (χ3n) is 5.53. The molecule has 0 bridgehead atoms. The molecule has 1 saturated carbocycles. The average Bonchev–Trinajstić information content (AvgIpc) is 3.33. The lowest BCUT2D eigenvalue weighted by molar-refractivity contribution is -0.135. The lowest BCUT2D eigenvalue weighted by Crippen LogP contribution is -2.37. The van der Waals surface area contributed by atoms with Crippen molar-refractivity contribution in [2.24, 2.45) is 11.8 Å². The number of fused-ring (bicyclic) bond motifs is 1. The van der Waals surface area contributed by atoms with E-state index in [0.29, 0.717) is 24.0 Å². The van der Waals surface area contributed by atoms with Crippen LogP contribution in [0.1, 0.15) is 32.1 Å². The van der Waals surface area contributed by atoms with Gasteiger partial charge in [0.15, 0.2) is 11.5 Å². The molecule has 0 spiro atoms. The van der Waals surface area contributed by atoms with Crippen molar-refractivity contribution in [2.45, 2.75) is 32.1 Å². The number of nitrogens with zero attached hydrogens (tertiary/aromatic N) is 2. The zero-order chi connectivity index (χ0) is 17.4. The monoisotopic (exact) mass is 344 g/mol. The Hall–Kier alpha value is -2.24. The van der Waals surface area contributed by atoms with Gasteiger partial charge in [0, 0.05) is 38.3 Å². The Balaban J connectivity index is 1.42. The van der Waals surface area contributed by atoms with Gasteiger partial charge < -0.3 is 19.3 Å². The normalized spacial score (nSPS) is 22.7. The van der Waals surface area contributed by atoms with E-state index in [9.17, 15) is 9.59 Å². The summed E-state index contributed by atoms with van der Waals surface area (Å²) in [5.74, 6) is 1.79. The Kier molecular flexibility index (Phi) is 4.27. The lowest BCUT2D eigenvalue weighted by atomic mass is 10.0. The molecule has 1 atom stereocenters. The van der Waals surface area contributed by atoms with Gasteiger partial charge in [0.05, 0.1) is 5.92 Å². The fraction of sp³-hybridized carbons (Fsp3) is 0.579. The van der Waals surface area contributed by atoms with E-state index in [1.54, 1.807) is 4.90 Å². The molecular formula is C19H24N2O4. The largest absolute Gasteiger partial charge is 0.454 e. The van der Waals surface area contributed by atoms with E-state index in [4.69, 9.17) is 9.47 Å². The second kappa shape index (κ2) is 6.58. The number of amides is 2. The minimum Gasteiger partial charge on any atom is -0.454 e. The molecule has 1 aromatic rings. The Morgan fingerprint density at radius 2 is 2.00 bits per heavy atom. The third-order valence-corrected chi connectivity index (χ3v) is 5.53. The third kappa shape index (κ3) is 3.17. The van der Waals surface area contributed by atoms with Crippen molar-refractivity contribution in [2.75, 3.05) is 31.8 Å². The van der Waals surface area contributed by atoms with Crippen LogP contribution in [-0.2, 0) is 9.59 Å². The molecule has 0 N–H and O–H groups in total. The highest BCUT2D eigenvalue weighted by Gasteiger charge is 2.37. The minimum atomic E-state index is -0.260. The maximum atomic E-state index is 12.7. The van der Waals surface area contributed by atoms with Gasteiger partial charge in [0.1, 0.15) is 0 Å². The minimum absolute atomic E-state index is 0.00789. The molecule has 0 radical (unpaired) electrons. The predicted molar refractivity (Wildman–Crippen MR) is 92.6 cm³/mol. The highest BCUT2D eigenvalue weighted by molar-refractivity contribution is 6.00. The average molecular weight is 344 g/mol. The predicted octanol–water partition coefficient (Wildman–Crippen LogP) is 2.42. The maximum absolute atomic E-state index is 12.7. The topological polar surface area (TPSA) is 59.1 Å². The molecule has 4 rings (SSSR count). The van der Waals surface area contributed by atoms with Crippen molar-refractivity contribution in [3.8, 4) is 11.5 Å². The number of benzene rings is 1. The highest BCUT2D eigenvalue weighted by atomic mass is 16.7. The number of hydrogen-bond donors (Lipinski definition) is 0. The van der Waals surface area contributed by atoms with Gasteiger partial charge in [-0.3, -0.25) is 9.59 Å². The first-order chi connectivity index (χ1) is 12.1. The van der Waals surface area contributed by atoms with Crippen LogP contribution in [0.5, 0.6) is 11.5 Å². The first-order valence-corrected chi connectivity index (χ1v) is 9.07. The lowest BCUT2D eigenvalue weighted by Gasteiger charge is -2.24. The summed E-state index contributed by atoms with van der Waals surface area (Å²) >= 11 is 0. The summed E-state index contributed by atoms with van der Waals surface area (Å²) in [5, 5.41) is 0. The molecule has 2 aliphatic heterocycles. The van der Waals surface area contributed by atoms with Crippen molar-refractivity contribution >= 4 is 17.5 Å². The van der Waals surface area contributed by atoms with Crippen LogP contribution in [0.25, 0.3) is 0 Å². The molecule has 2 amide bonds. The first kappa shape index (κ1) is 16.2. The summed E-state index contributed by atoms with van der Waals surface area (Å²) < 4.78 is 10.7. The molecule has 1 aromatic carbocycles. The zero-order valence-electron chi connectivity index (χ0n) is 14.6. The van der Waals surface area contributed by atoms with E-state index in [1.807, 2.05) is 30.1 Å². The van der Waals surface area contributed by atoms with Crippen molar-refractivity contribution < 1.29 is 19.1 Å². The van der Waals surface area contributed by atoms with Gasteiger partial charge in [0.2, 0.25) is 18.6 Å². The van der Waals surface area contributed by atoms with Crippen LogP contribution in [-0.4, -0.2) is 43.6 Å². The second-order valence-electron chi connectivity index (χ2n) is 7.31. The molecule has 0 aromatic heterocycles. The smallest absolute Gasteiger partial charge is 0.231 e. The van der Waals surface area contributed by atoms with E-state index in [-0.39, 0.29) is 30.9 Å². The van der Waals surface area contributed by atoms with Gasteiger partial charge in [0.25, 0.3) is 0 Å². The Labute approximate surface area is 147 Å². The standard InChI is InChI=1S/C19H24N2O4/c1-20(10-13-4-2-3-5-13)19(23)14-8-18(22)21(11-14)15-6-7-16-17(9-15)25-12-24-16/h6-7,9,13-14H,2-5,8,10-12H2,1H3/t14-/m1/s1. The van der Waals surface area contributed by atoms with E-state index >= 15 is 0 Å². The molecular weight excluding hydrogens is 320 g/mol. The van der Waals surface area contributed by atoms with Crippen LogP contribution >= 0.6 is 0 Å². The van der Waals surface area contributed by atoms with Crippen LogP contribution < -0.4 is 14.4 Å². The molecule has 6 nitrogen and oxygen atoms in total. The van der Waals surface area contributed by atoms with Crippen LogP contribution in [0.15, 0.2) is 18.2 Å². The second-order valence-corrected chi connectivity index (χ2v) is 7.31. The van der Waals surface area contributed by atoms with E-state index in [0.717, 1.165) is 12.2 Å². The number of hydrogen-bond acceptors (Lipinski definition) is 4. The van der Waals surface area contributed by atoms with Crippen molar-refractivity contribution in [1.82, 2.24) is 4.90 Å². The molecule has 3 aliphatic rings. The molecule has 2 fully saturated rings. The van der Waals surface area contributed by atoms with Crippen LogP contribution in [0.2, 0.25) is 0 Å². The molecule has 0 unspecified atom stereocenters. The van der Waals surface area contributed by atoms with E-state index in [1.165, 1.54) is 25.7 Å². The Morgan fingerprint density at radius 1 is 1.24 bits per heavy atom. The van der Waals surface area contributed by atoms with Crippen molar-refractivity contribution in [3.63, 3.8) is 0 Å². The van der Waals surface area contributed by atoms with E-state index in [2.05, 4.69) is 0 Å². The summed E-state index contributed by atoms with van der Waals surface area (Å²) in [4.78, 5) is 28.7. The summed E-state index contributed by atoms with van der Waals surface area (Å²) in [5.41, 5.74) is 0.767. The van der Waals surface area contributed by atoms with Crippen molar-refractivity contribution in [1.29, 1.82) is 0 Å². The van der Waals surface area contributed by atoms with Gasteiger partial charge in [-0.25, -0.2) is 0 Å². The summed E-state index contributed by atoms with van der Waals surface area (Å²) in [6.45, 7) is 1.46. The molecule has 1 aliphatic carbocycles. The van der Waals surface area contributed by atoms with Gasteiger partial charge in [-0.2, -0.15) is 0 Å². The van der Waals surface area contributed by atoms with Gasteiger partial charge in [-0.15, -0.1) is 0 Å². The Morgan fingerprint density at radius 3 is 2.80 bits per heavy atom. The van der Waals surface area contributed by atoms with E-state index < -0.39 is 0 Å². The Bertz CT molecular complexity index is 684. The SMILES string of the molecule is CN(CC1CCCC1)C(=O)[C@@H]1CC(=O)N(c2ccc3c(c2)OCO3)C1. The number of ether oxygens (including phenoxy) is 2. The number of anilines is 1. The fourth-order valence-electron chi connectivity index (χ4n) is 4.16. The summed E-state index contributed by atoms with van der Waals surface area (Å²) in [6, 6.07) is 5.47. The van der Waals surface area contributed by atoms with Crippen LogP contribution in [0.4, 0.5) is 5.69 Å². The maximum Gasteiger partial charge on any atom is 0.231 e. The van der Waals surface area contributed by atoms with Gasteiger partial charge >= 0.3 is 0 Å². The molecule has 2 heterocycles. The van der Waals surface area contributed by atoms with Gasteiger partial charge in [-0.05, 0) is 30.9 Å². The molecule has 1 saturated heterocycles. The van der Waals surface area contributed by atoms with Crippen LogP contribution in [0.3, 0.4) is 0 Å². The number of rotatable bonds is 4. The number of carbonyl (C=O) groups excluding carboxylic acids is 2. The van der Waals surface area contributed by atoms with Gasteiger partial charge in [-0.1, -0.05) is 12.8 Å². The number of carbonyl (C=O) groups is 2. The fourth-order valence-corrected chi connectivity index (χ4v) is 4.16. The van der Waals surface area contributed by atoms with Crippen LogP contribution in [0, 0.1) is 11.8 Å². The summed E-state index contributed by atoms with van der Waals surface area (Å²) in [6.07, 6.45) is 5.25. The molecule has 134 valence electrons. The quantitative estimate of drug-likeness (QED) is 0.842. The summed E-state index contributed by atoms with van der Waals surface area (Å²) in [7, 11) is 1.87.